The Labute approximate surface area is 150 Å². The molecule has 2 saturated carbocycles. The van der Waals surface area contributed by atoms with Gasteiger partial charge in [-0.05, 0) is 56.7 Å². The normalized spacial score (nSPS) is 29.9. The number of Topliss-reactive ketones (excluding diaryl/α,β-unsaturated/α-hetero) is 1. The van der Waals surface area contributed by atoms with E-state index in [1.54, 1.807) is 0 Å². The Bertz CT molecular complexity index is 627. The topological polar surface area (TPSA) is 55.4 Å². The van der Waals surface area contributed by atoms with Crippen LogP contribution in [0, 0.1) is 18.8 Å². The summed E-state index contributed by atoms with van der Waals surface area (Å²) in [5, 5.41) is 3.23. The number of ketones is 1. The lowest BCUT2D eigenvalue weighted by Gasteiger charge is -2.34. The Kier molecular flexibility index (Phi) is 5.77. The Hall–Kier alpha value is -1.84. The molecule has 4 nitrogen and oxygen atoms in total. The maximum absolute atomic E-state index is 12.7. The quantitative estimate of drug-likeness (QED) is 0.904. The number of hydrogen-bond acceptors (Lipinski definition) is 3. The van der Waals surface area contributed by atoms with E-state index in [1.807, 2.05) is 25.1 Å². The van der Waals surface area contributed by atoms with Gasteiger partial charge in [0.2, 0.25) is 5.91 Å². The van der Waals surface area contributed by atoms with Crippen LogP contribution in [0.1, 0.15) is 57.4 Å². The minimum atomic E-state index is -0.0331. The minimum absolute atomic E-state index is 0.00944. The number of carbonyl (C=O) groups excluding carboxylic acids is 2. The smallest absolute Gasteiger partial charge is 0.223 e. The largest absolute Gasteiger partial charge is 0.488 e. The number of aryl methyl sites for hydroxylation is 1. The van der Waals surface area contributed by atoms with Gasteiger partial charge in [-0.15, -0.1) is 0 Å². The molecule has 136 valence electrons. The van der Waals surface area contributed by atoms with Crippen LogP contribution in [0.25, 0.3) is 0 Å². The molecule has 0 radical (unpaired) electrons. The third kappa shape index (κ3) is 4.62. The fourth-order valence-electron chi connectivity index (χ4n) is 4.04. The van der Waals surface area contributed by atoms with Crippen molar-refractivity contribution < 1.29 is 14.3 Å². The molecule has 0 aliphatic heterocycles. The summed E-state index contributed by atoms with van der Waals surface area (Å²) in [7, 11) is 0. The van der Waals surface area contributed by atoms with Gasteiger partial charge in [0, 0.05) is 18.3 Å². The summed E-state index contributed by atoms with van der Waals surface area (Å²) in [6.45, 7) is 3.99. The van der Waals surface area contributed by atoms with Crippen molar-refractivity contribution in [2.45, 2.75) is 70.9 Å². The zero-order valence-electron chi connectivity index (χ0n) is 15.3. The highest BCUT2D eigenvalue weighted by molar-refractivity contribution is 5.86. The van der Waals surface area contributed by atoms with E-state index in [9.17, 15) is 9.59 Å². The van der Waals surface area contributed by atoms with Gasteiger partial charge in [0.15, 0.2) is 0 Å². The van der Waals surface area contributed by atoms with Crippen molar-refractivity contribution in [3.05, 3.63) is 29.8 Å². The van der Waals surface area contributed by atoms with E-state index in [0.29, 0.717) is 25.0 Å². The van der Waals surface area contributed by atoms with Crippen LogP contribution in [0.4, 0.5) is 0 Å². The van der Waals surface area contributed by atoms with E-state index in [-0.39, 0.29) is 29.9 Å². The number of carbonyl (C=O) groups is 2. The summed E-state index contributed by atoms with van der Waals surface area (Å²) < 4.78 is 6.21. The van der Waals surface area contributed by atoms with Crippen molar-refractivity contribution >= 4 is 11.7 Å². The second-order valence-corrected chi connectivity index (χ2v) is 7.71. The zero-order chi connectivity index (χ0) is 17.8. The lowest BCUT2D eigenvalue weighted by atomic mass is 9.80. The van der Waals surface area contributed by atoms with Gasteiger partial charge in [-0.1, -0.05) is 25.5 Å². The van der Waals surface area contributed by atoms with Gasteiger partial charge >= 0.3 is 0 Å². The first-order valence-electron chi connectivity index (χ1n) is 9.59. The Morgan fingerprint density at radius 2 is 2.00 bits per heavy atom. The minimum Gasteiger partial charge on any atom is -0.488 e. The first kappa shape index (κ1) is 18.0. The molecule has 2 aliphatic rings. The molecule has 0 heterocycles. The molecule has 1 aromatic carbocycles. The molecule has 4 heteroatoms. The Morgan fingerprint density at radius 1 is 1.20 bits per heavy atom. The van der Waals surface area contributed by atoms with Gasteiger partial charge in [0.25, 0.3) is 0 Å². The SMILES string of the molecule is Cc1cccc(OC2CCCCC2NC(=O)C2CCC(=O)C(C)C2)c1. The second-order valence-electron chi connectivity index (χ2n) is 7.71. The molecule has 1 aromatic rings. The van der Waals surface area contributed by atoms with Crippen molar-refractivity contribution in [2.75, 3.05) is 0 Å². The van der Waals surface area contributed by atoms with Crippen molar-refractivity contribution in [3.8, 4) is 5.75 Å². The van der Waals surface area contributed by atoms with Crippen LogP contribution < -0.4 is 10.1 Å². The average Bonchev–Trinajstić information content (AvgIpc) is 2.59. The van der Waals surface area contributed by atoms with E-state index in [4.69, 9.17) is 4.74 Å². The number of benzene rings is 1. The molecule has 1 N–H and O–H groups in total. The predicted molar refractivity (Wildman–Crippen MR) is 97.5 cm³/mol. The predicted octanol–water partition coefficient (Wildman–Crippen LogP) is 3.81. The highest BCUT2D eigenvalue weighted by Gasteiger charge is 2.33. The zero-order valence-corrected chi connectivity index (χ0v) is 15.3. The third-order valence-corrected chi connectivity index (χ3v) is 5.60. The van der Waals surface area contributed by atoms with Crippen LogP contribution in [0.15, 0.2) is 24.3 Å². The molecule has 0 bridgehead atoms. The van der Waals surface area contributed by atoms with E-state index < -0.39 is 0 Å². The van der Waals surface area contributed by atoms with Crippen molar-refractivity contribution in [1.29, 1.82) is 0 Å². The van der Waals surface area contributed by atoms with Crippen LogP contribution >= 0.6 is 0 Å². The Morgan fingerprint density at radius 3 is 2.76 bits per heavy atom. The maximum atomic E-state index is 12.7. The summed E-state index contributed by atoms with van der Waals surface area (Å²) >= 11 is 0. The van der Waals surface area contributed by atoms with Crippen molar-refractivity contribution in [2.24, 2.45) is 11.8 Å². The van der Waals surface area contributed by atoms with E-state index in [0.717, 1.165) is 31.4 Å². The van der Waals surface area contributed by atoms with Crippen molar-refractivity contribution in [1.82, 2.24) is 5.32 Å². The summed E-state index contributed by atoms with van der Waals surface area (Å²) in [6.07, 6.45) is 6.12. The highest BCUT2D eigenvalue weighted by Crippen LogP contribution is 2.28. The molecule has 4 atom stereocenters. The molecular formula is C21H29NO3. The van der Waals surface area contributed by atoms with E-state index in [1.165, 1.54) is 5.56 Å². The maximum Gasteiger partial charge on any atom is 0.223 e. The Balaban J connectivity index is 1.61. The van der Waals surface area contributed by atoms with Gasteiger partial charge in [0.1, 0.15) is 17.6 Å². The van der Waals surface area contributed by atoms with Gasteiger partial charge in [-0.2, -0.15) is 0 Å². The molecule has 25 heavy (non-hydrogen) atoms. The lowest BCUT2D eigenvalue weighted by molar-refractivity contribution is -0.132. The summed E-state index contributed by atoms with van der Waals surface area (Å²) in [6, 6.07) is 8.14. The molecule has 2 aliphatic carbocycles. The molecule has 2 fully saturated rings. The molecule has 4 unspecified atom stereocenters. The van der Waals surface area contributed by atoms with E-state index >= 15 is 0 Å². The fraction of sp³-hybridized carbons (Fsp3) is 0.619. The van der Waals surface area contributed by atoms with Crippen LogP contribution in [0.3, 0.4) is 0 Å². The first-order valence-corrected chi connectivity index (χ1v) is 9.59. The number of ether oxygens (including phenoxy) is 1. The van der Waals surface area contributed by atoms with Crippen LogP contribution in [0.2, 0.25) is 0 Å². The number of rotatable bonds is 4. The van der Waals surface area contributed by atoms with Crippen LogP contribution in [0.5, 0.6) is 5.75 Å². The number of amides is 1. The van der Waals surface area contributed by atoms with Crippen molar-refractivity contribution in [3.63, 3.8) is 0 Å². The molecule has 0 spiro atoms. The average molecular weight is 343 g/mol. The molecular weight excluding hydrogens is 314 g/mol. The molecule has 0 aromatic heterocycles. The van der Waals surface area contributed by atoms with E-state index in [2.05, 4.69) is 18.3 Å². The standard InChI is InChI=1S/C21H29NO3/c1-14-6-5-7-17(12-14)25-20-9-4-3-8-18(20)22-21(24)16-10-11-19(23)15(2)13-16/h5-7,12,15-16,18,20H,3-4,8-11,13H2,1-2H3,(H,22,24). The number of hydrogen-bond donors (Lipinski definition) is 1. The van der Waals surface area contributed by atoms with Crippen LogP contribution in [-0.4, -0.2) is 23.8 Å². The third-order valence-electron chi connectivity index (χ3n) is 5.60. The fourth-order valence-corrected chi connectivity index (χ4v) is 4.04. The summed E-state index contributed by atoms with van der Waals surface area (Å²) in [5.74, 6) is 1.25. The molecule has 0 saturated heterocycles. The van der Waals surface area contributed by atoms with Gasteiger partial charge in [-0.25, -0.2) is 0 Å². The number of nitrogens with one attached hydrogen (secondary N) is 1. The van der Waals surface area contributed by atoms with Gasteiger partial charge < -0.3 is 10.1 Å². The van der Waals surface area contributed by atoms with Gasteiger partial charge in [-0.3, -0.25) is 9.59 Å². The molecule has 3 rings (SSSR count). The highest BCUT2D eigenvalue weighted by atomic mass is 16.5. The lowest BCUT2D eigenvalue weighted by Crippen LogP contribution is -2.50. The summed E-state index contributed by atoms with van der Waals surface area (Å²) in [5.41, 5.74) is 1.18. The van der Waals surface area contributed by atoms with Crippen LogP contribution in [-0.2, 0) is 9.59 Å². The first-order chi connectivity index (χ1) is 12.0. The second kappa shape index (κ2) is 8.03. The summed E-state index contributed by atoms with van der Waals surface area (Å²) in [4.78, 5) is 24.4. The monoisotopic (exact) mass is 343 g/mol. The van der Waals surface area contributed by atoms with Gasteiger partial charge in [0.05, 0.1) is 6.04 Å². The molecule has 1 amide bonds.